The highest BCUT2D eigenvalue weighted by Crippen LogP contribution is 2.50. The van der Waals surface area contributed by atoms with Crippen molar-refractivity contribution in [3.63, 3.8) is 0 Å². The lowest BCUT2D eigenvalue weighted by atomic mass is 9.58. The summed E-state index contributed by atoms with van der Waals surface area (Å²) in [6.45, 7) is 6.35. The summed E-state index contributed by atoms with van der Waals surface area (Å²) >= 11 is 0. The zero-order valence-electron chi connectivity index (χ0n) is 8.44. The van der Waals surface area contributed by atoms with E-state index >= 15 is 0 Å². The Balaban J connectivity index is 2.29. The average molecular weight is 178 g/mol. The summed E-state index contributed by atoms with van der Waals surface area (Å²) in [6.07, 6.45) is 6.65. The Morgan fingerprint density at radius 1 is 1.31 bits per heavy atom. The lowest BCUT2D eigenvalue weighted by molar-refractivity contribution is -0.129. The number of rotatable bonds is 0. The largest absolute Gasteiger partial charge is 0.299 e. The monoisotopic (exact) mass is 178 g/mol. The van der Waals surface area contributed by atoms with Gasteiger partial charge in [-0.3, -0.25) is 4.79 Å². The van der Waals surface area contributed by atoms with E-state index in [-0.39, 0.29) is 11.3 Å². The van der Waals surface area contributed by atoms with Crippen molar-refractivity contribution in [1.82, 2.24) is 0 Å². The van der Waals surface area contributed by atoms with Crippen LogP contribution in [0.25, 0.3) is 0 Å². The summed E-state index contributed by atoms with van der Waals surface area (Å²) in [5.41, 5.74) is 1.48. The first kappa shape index (κ1) is 8.98. The van der Waals surface area contributed by atoms with Gasteiger partial charge in [0.05, 0.1) is 0 Å². The number of hydrogen-bond donors (Lipinski definition) is 0. The van der Waals surface area contributed by atoms with Gasteiger partial charge in [-0.05, 0) is 37.5 Å². The molecule has 0 aromatic rings. The van der Waals surface area contributed by atoms with Crippen molar-refractivity contribution in [2.24, 2.45) is 11.3 Å². The summed E-state index contributed by atoms with van der Waals surface area (Å²) in [5.74, 6) is 0.661. The van der Waals surface area contributed by atoms with E-state index in [0.29, 0.717) is 5.78 Å². The highest BCUT2D eigenvalue weighted by molar-refractivity contribution is 5.85. The van der Waals surface area contributed by atoms with Gasteiger partial charge in [0.1, 0.15) is 5.78 Å². The SMILES string of the molecule is C=C1CCC[C@]2(C)CCCC(=O)[C@H]12. The molecular formula is C12H18O. The van der Waals surface area contributed by atoms with Gasteiger partial charge in [0.25, 0.3) is 0 Å². The van der Waals surface area contributed by atoms with Crippen LogP contribution in [-0.2, 0) is 4.79 Å². The summed E-state index contributed by atoms with van der Waals surface area (Å²) in [6, 6.07) is 0. The molecule has 0 unspecified atom stereocenters. The molecule has 2 aliphatic carbocycles. The molecule has 13 heavy (non-hydrogen) atoms. The molecule has 0 N–H and O–H groups in total. The van der Waals surface area contributed by atoms with Crippen LogP contribution in [0.2, 0.25) is 0 Å². The standard InChI is InChI=1S/C12H18O/c1-9-5-3-7-12(2)8-4-6-10(13)11(9)12/h11H,1,3-8H2,2H3/t11-,12+/m0/s1. The van der Waals surface area contributed by atoms with Gasteiger partial charge in [-0.1, -0.05) is 19.1 Å². The lowest BCUT2D eigenvalue weighted by Crippen LogP contribution is -2.40. The number of carbonyl (C=O) groups is 1. The number of Topliss-reactive ketones (excluding diaryl/α,β-unsaturated/α-hetero) is 1. The molecule has 0 aromatic heterocycles. The predicted molar refractivity (Wildman–Crippen MR) is 53.4 cm³/mol. The van der Waals surface area contributed by atoms with Crippen molar-refractivity contribution in [3.8, 4) is 0 Å². The summed E-state index contributed by atoms with van der Waals surface area (Å²) < 4.78 is 0. The van der Waals surface area contributed by atoms with Gasteiger partial charge >= 0.3 is 0 Å². The topological polar surface area (TPSA) is 17.1 Å². The molecule has 0 amide bonds. The molecule has 2 aliphatic rings. The van der Waals surface area contributed by atoms with Crippen molar-refractivity contribution in [1.29, 1.82) is 0 Å². The van der Waals surface area contributed by atoms with Gasteiger partial charge in [0.15, 0.2) is 0 Å². The first-order valence-electron chi connectivity index (χ1n) is 5.34. The van der Waals surface area contributed by atoms with Crippen LogP contribution in [-0.4, -0.2) is 5.78 Å². The van der Waals surface area contributed by atoms with Gasteiger partial charge in [-0.25, -0.2) is 0 Å². The van der Waals surface area contributed by atoms with Crippen molar-refractivity contribution >= 4 is 5.78 Å². The Morgan fingerprint density at radius 2 is 1.92 bits per heavy atom. The van der Waals surface area contributed by atoms with E-state index in [1.807, 2.05) is 0 Å². The zero-order chi connectivity index (χ0) is 9.47. The van der Waals surface area contributed by atoms with Crippen LogP contribution in [0.5, 0.6) is 0 Å². The molecule has 2 atom stereocenters. The lowest BCUT2D eigenvalue weighted by Gasteiger charge is -2.45. The van der Waals surface area contributed by atoms with E-state index in [1.54, 1.807) is 0 Å². The third-order valence-electron chi connectivity index (χ3n) is 3.84. The molecule has 72 valence electrons. The van der Waals surface area contributed by atoms with Gasteiger partial charge in [-0.2, -0.15) is 0 Å². The number of carbonyl (C=O) groups excluding carboxylic acids is 1. The van der Waals surface area contributed by atoms with Crippen LogP contribution in [0.3, 0.4) is 0 Å². The number of ketones is 1. The van der Waals surface area contributed by atoms with E-state index in [1.165, 1.54) is 24.8 Å². The predicted octanol–water partition coefficient (Wildman–Crippen LogP) is 3.10. The molecule has 2 fully saturated rings. The van der Waals surface area contributed by atoms with Crippen LogP contribution in [0.15, 0.2) is 12.2 Å². The van der Waals surface area contributed by atoms with E-state index < -0.39 is 0 Å². The fraction of sp³-hybridized carbons (Fsp3) is 0.750. The van der Waals surface area contributed by atoms with Gasteiger partial charge in [-0.15, -0.1) is 0 Å². The van der Waals surface area contributed by atoms with Crippen LogP contribution in [0.4, 0.5) is 0 Å². The minimum atomic E-state index is 0.204. The second-order valence-electron chi connectivity index (χ2n) is 4.92. The second-order valence-corrected chi connectivity index (χ2v) is 4.92. The molecule has 0 radical (unpaired) electrons. The molecule has 0 aromatic carbocycles. The quantitative estimate of drug-likeness (QED) is 0.521. The maximum atomic E-state index is 11.8. The van der Waals surface area contributed by atoms with Crippen LogP contribution in [0.1, 0.15) is 45.4 Å². The fourth-order valence-electron chi connectivity index (χ4n) is 3.20. The van der Waals surface area contributed by atoms with Gasteiger partial charge in [0.2, 0.25) is 0 Å². The maximum Gasteiger partial charge on any atom is 0.140 e. The molecule has 0 bridgehead atoms. The smallest absolute Gasteiger partial charge is 0.140 e. The van der Waals surface area contributed by atoms with E-state index in [0.717, 1.165) is 19.3 Å². The van der Waals surface area contributed by atoms with Crippen LogP contribution >= 0.6 is 0 Å². The molecular weight excluding hydrogens is 160 g/mol. The Kier molecular flexibility index (Phi) is 2.05. The Labute approximate surface area is 80.2 Å². The average Bonchev–Trinajstić information content (AvgIpc) is 2.02. The molecule has 2 rings (SSSR count). The fourth-order valence-corrected chi connectivity index (χ4v) is 3.20. The minimum absolute atomic E-state index is 0.204. The molecule has 0 aliphatic heterocycles. The van der Waals surface area contributed by atoms with Crippen molar-refractivity contribution < 1.29 is 4.79 Å². The van der Waals surface area contributed by atoms with E-state index in [4.69, 9.17) is 0 Å². The van der Waals surface area contributed by atoms with Crippen molar-refractivity contribution in [2.75, 3.05) is 0 Å². The zero-order valence-corrected chi connectivity index (χ0v) is 8.44. The summed E-state index contributed by atoms with van der Waals surface area (Å²) in [5, 5.41) is 0. The number of fused-ring (bicyclic) bond motifs is 1. The molecule has 0 saturated heterocycles. The molecule has 0 spiro atoms. The van der Waals surface area contributed by atoms with Gasteiger partial charge < -0.3 is 0 Å². The third kappa shape index (κ3) is 1.34. The maximum absolute atomic E-state index is 11.8. The first-order valence-corrected chi connectivity index (χ1v) is 5.34. The van der Waals surface area contributed by atoms with Crippen LogP contribution in [0, 0.1) is 11.3 Å². The number of hydrogen-bond acceptors (Lipinski definition) is 1. The molecule has 1 heteroatoms. The normalized spacial score (nSPS) is 40.2. The Morgan fingerprint density at radius 3 is 2.54 bits per heavy atom. The number of allylic oxidation sites excluding steroid dienone is 1. The summed E-state index contributed by atoms with van der Waals surface area (Å²) in [7, 11) is 0. The Hall–Kier alpha value is -0.590. The van der Waals surface area contributed by atoms with Gasteiger partial charge in [0, 0.05) is 12.3 Å². The molecule has 1 nitrogen and oxygen atoms in total. The van der Waals surface area contributed by atoms with E-state index in [2.05, 4.69) is 13.5 Å². The van der Waals surface area contributed by atoms with E-state index in [9.17, 15) is 4.79 Å². The first-order chi connectivity index (χ1) is 6.13. The molecule has 0 heterocycles. The second kappa shape index (κ2) is 2.97. The Bertz CT molecular complexity index is 230. The minimum Gasteiger partial charge on any atom is -0.299 e. The third-order valence-corrected chi connectivity index (χ3v) is 3.84. The highest BCUT2D eigenvalue weighted by atomic mass is 16.1. The molecule has 2 saturated carbocycles. The van der Waals surface area contributed by atoms with Crippen molar-refractivity contribution in [2.45, 2.75) is 45.4 Å². The van der Waals surface area contributed by atoms with Crippen LogP contribution < -0.4 is 0 Å². The summed E-state index contributed by atoms with van der Waals surface area (Å²) in [4.78, 5) is 11.8. The highest BCUT2D eigenvalue weighted by Gasteiger charge is 2.44. The van der Waals surface area contributed by atoms with Crippen molar-refractivity contribution in [3.05, 3.63) is 12.2 Å².